The molecule has 0 saturated carbocycles. The SMILES string of the molecule is CCN(CC)Cc1cc(C(=O)c2ccccc2)cc(C)c1OP(=O)([O-])Oc1c(C)cc(C(=O)c2ccccc2)cc1CN(CC)CC.[Na+]. The van der Waals surface area contributed by atoms with Crippen molar-refractivity contribution in [2.75, 3.05) is 26.2 Å². The molecule has 0 aromatic heterocycles. The van der Waals surface area contributed by atoms with Crippen molar-refractivity contribution in [3.8, 4) is 11.5 Å². The summed E-state index contributed by atoms with van der Waals surface area (Å²) in [7, 11) is -5.02. The Morgan fingerprint density at radius 1 is 0.604 bits per heavy atom. The Balaban J connectivity index is 0.00000625. The van der Waals surface area contributed by atoms with Gasteiger partial charge in [-0.25, -0.2) is 4.57 Å². The van der Waals surface area contributed by atoms with Crippen LogP contribution < -0.4 is 43.5 Å². The molecule has 0 heterocycles. The van der Waals surface area contributed by atoms with Gasteiger partial charge in [0.15, 0.2) is 11.6 Å². The number of benzene rings is 4. The minimum Gasteiger partial charge on any atom is -0.736 e. The number of nitrogens with zero attached hydrogens (tertiary/aromatic N) is 2. The predicted octanol–water partition coefficient (Wildman–Crippen LogP) is 4.38. The fraction of sp³-hybridized carbons (Fsp3) is 0.316. The maximum absolute atomic E-state index is 13.7. The molecule has 0 spiro atoms. The number of carbonyl (C=O) groups excluding carboxylic acids is 2. The third-order valence-corrected chi connectivity index (χ3v) is 9.09. The zero-order chi connectivity index (χ0) is 34.1. The van der Waals surface area contributed by atoms with Crippen molar-refractivity contribution in [3.63, 3.8) is 0 Å². The van der Waals surface area contributed by atoms with Gasteiger partial charge in [0.2, 0.25) is 0 Å². The van der Waals surface area contributed by atoms with Crippen LogP contribution >= 0.6 is 7.82 Å². The second-order valence-electron chi connectivity index (χ2n) is 11.5. The molecule has 4 aromatic carbocycles. The van der Waals surface area contributed by atoms with E-state index in [9.17, 15) is 19.0 Å². The molecule has 0 aliphatic heterocycles. The summed E-state index contributed by atoms with van der Waals surface area (Å²) in [6.07, 6.45) is 0. The van der Waals surface area contributed by atoms with Gasteiger partial charge >= 0.3 is 37.4 Å². The van der Waals surface area contributed by atoms with Gasteiger partial charge in [-0.1, -0.05) is 88.4 Å². The predicted molar refractivity (Wildman–Crippen MR) is 184 cm³/mol. The summed E-state index contributed by atoms with van der Waals surface area (Å²) in [6.45, 7) is 15.2. The number of carbonyl (C=O) groups is 2. The average Bonchev–Trinajstić information content (AvgIpc) is 3.08. The van der Waals surface area contributed by atoms with E-state index >= 15 is 0 Å². The van der Waals surface area contributed by atoms with Crippen molar-refractivity contribution in [1.82, 2.24) is 9.80 Å². The molecule has 0 atom stereocenters. The Morgan fingerprint density at radius 2 is 0.938 bits per heavy atom. The monoisotopic (exact) mass is 678 g/mol. The van der Waals surface area contributed by atoms with Crippen LogP contribution in [-0.2, 0) is 17.7 Å². The van der Waals surface area contributed by atoms with Crippen LogP contribution in [0.3, 0.4) is 0 Å². The molecule has 4 aromatic rings. The summed E-state index contributed by atoms with van der Waals surface area (Å²) in [4.78, 5) is 44.7. The molecule has 8 nitrogen and oxygen atoms in total. The Hall–Kier alpha value is -3.07. The Kier molecular flexibility index (Phi) is 14.8. The first-order chi connectivity index (χ1) is 22.5. The third-order valence-electron chi connectivity index (χ3n) is 8.28. The molecule has 48 heavy (non-hydrogen) atoms. The maximum atomic E-state index is 13.7. The van der Waals surface area contributed by atoms with Gasteiger partial charge in [0.25, 0.3) is 0 Å². The normalized spacial score (nSPS) is 11.4. The summed E-state index contributed by atoms with van der Waals surface area (Å²) in [5, 5.41) is 0. The molecule has 0 unspecified atom stereocenters. The number of phosphoric acid groups is 1. The molecule has 0 bridgehead atoms. The van der Waals surface area contributed by atoms with Gasteiger partial charge in [0.1, 0.15) is 11.5 Å². The van der Waals surface area contributed by atoms with Crippen molar-refractivity contribution >= 4 is 19.4 Å². The fourth-order valence-corrected chi connectivity index (χ4v) is 6.59. The van der Waals surface area contributed by atoms with Crippen molar-refractivity contribution in [3.05, 3.63) is 129 Å². The topological polar surface area (TPSA) is 99.2 Å². The van der Waals surface area contributed by atoms with Crippen LogP contribution in [0.2, 0.25) is 0 Å². The zero-order valence-electron chi connectivity index (χ0n) is 29.1. The molecule has 0 aliphatic carbocycles. The number of aryl methyl sites for hydroxylation is 2. The number of ketones is 2. The van der Waals surface area contributed by atoms with Crippen LogP contribution in [0, 0.1) is 13.8 Å². The van der Waals surface area contributed by atoms with E-state index in [-0.39, 0.29) is 52.6 Å². The van der Waals surface area contributed by atoms with Gasteiger partial charge in [-0.05, 0) is 75.4 Å². The molecule has 248 valence electrons. The number of hydrogen-bond donors (Lipinski definition) is 0. The molecular weight excluding hydrogens is 634 g/mol. The van der Waals surface area contributed by atoms with Gasteiger partial charge in [0.05, 0.1) is 0 Å². The van der Waals surface area contributed by atoms with Crippen LogP contribution in [-0.4, -0.2) is 47.5 Å². The summed E-state index contributed by atoms with van der Waals surface area (Å²) in [5.74, 6) is -0.0499. The van der Waals surface area contributed by atoms with E-state index < -0.39 is 7.82 Å². The van der Waals surface area contributed by atoms with Gasteiger partial charge < -0.3 is 13.9 Å². The van der Waals surface area contributed by atoms with Gasteiger partial charge in [0, 0.05) is 46.5 Å². The van der Waals surface area contributed by atoms with Gasteiger partial charge in [-0.3, -0.25) is 19.4 Å². The number of hydrogen-bond acceptors (Lipinski definition) is 8. The molecule has 0 aliphatic rings. The van der Waals surface area contributed by atoms with Crippen LogP contribution in [0.1, 0.15) is 81.8 Å². The summed E-state index contributed by atoms with van der Waals surface area (Å²) < 4.78 is 25.3. The van der Waals surface area contributed by atoms with Gasteiger partial charge in [-0.2, -0.15) is 0 Å². The number of phosphoric ester groups is 1. The van der Waals surface area contributed by atoms with E-state index in [0.29, 0.717) is 57.6 Å². The second kappa shape index (κ2) is 18.1. The van der Waals surface area contributed by atoms with Crippen molar-refractivity contribution in [2.45, 2.75) is 54.6 Å². The molecule has 0 amide bonds. The Morgan fingerprint density at radius 3 is 1.25 bits per heavy atom. The minimum atomic E-state index is -5.02. The molecule has 4 rings (SSSR count). The largest absolute Gasteiger partial charge is 1.00 e. The van der Waals surface area contributed by atoms with Crippen LogP contribution in [0.25, 0.3) is 0 Å². The molecule has 0 fully saturated rings. The number of rotatable bonds is 16. The molecule has 0 radical (unpaired) electrons. The van der Waals surface area contributed by atoms with Crippen LogP contribution in [0.4, 0.5) is 0 Å². The van der Waals surface area contributed by atoms with Crippen molar-refractivity contribution in [2.24, 2.45) is 0 Å². The maximum Gasteiger partial charge on any atom is 1.00 e. The molecular formula is C38H44N2NaO6P. The molecule has 10 heteroatoms. The van der Waals surface area contributed by atoms with Crippen molar-refractivity contribution < 1.29 is 57.7 Å². The second-order valence-corrected chi connectivity index (χ2v) is 12.8. The standard InChI is InChI=1S/C38H45N2O6P.Na/c1-7-39(8-2)25-33-23-31(35(41)29-17-13-11-14-18-29)21-27(5)37(33)45-47(43,44)46-38-28(6)22-32(24-34(38)26-40(9-3)10-4)36(42)30-19-15-12-16-20-30;/h11-24H,7-10,25-26H2,1-6H3,(H,43,44);/q;+1/p-1. The first-order valence-corrected chi connectivity index (χ1v) is 17.6. The minimum absolute atomic E-state index is 0. The first-order valence-electron chi connectivity index (χ1n) is 16.1. The smallest absolute Gasteiger partial charge is 0.736 e. The average molecular weight is 679 g/mol. The molecule has 0 saturated heterocycles. The first kappa shape index (κ1) is 39.4. The Labute approximate surface area is 307 Å². The van der Waals surface area contributed by atoms with Gasteiger partial charge in [-0.15, -0.1) is 0 Å². The summed E-state index contributed by atoms with van der Waals surface area (Å²) in [6, 6.07) is 24.6. The fourth-order valence-electron chi connectivity index (χ4n) is 5.58. The van der Waals surface area contributed by atoms with Crippen molar-refractivity contribution in [1.29, 1.82) is 0 Å². The van der Waals surface area contributed by atoms with E-state index in [4.69, 9.17) is 9.05 Å². The van der Waals surface area contributed by atoms with E-state index in [0.717, 1.165) is 26.2 Å². The van der Waals surface area contributed by atoms with Crippen LogP contribution in [0.5, 0.6) is 11.5 Å². The van der Waals surface area contributed by atoms with E-state index in [2.05, 4.69) is 9.80 Å². The third kappa shape index (κ3) is 9.99. The quantitative estimate of drug-likeness (QED) is 0.0979. The summed E-state index contributed by atoms with van der Waals surface area (Å²) >= 11 is 0. The van der Waals surface area contributed by atoms with E-state index in [1.807, 2.05) is 39.8 Å². The van der Waals surface area contributed by atoms with Crippen LogP contribution in [0.15, 0.2) is 84.9 Å². The van der Waals surface area contributed by atoms with E-state index in [1.54, 1.807) is 86.6 Å². The molecule has 0 N–H and O–H groups in total. The van der Waals surface area contributed by atoms with E-state index in [1.165, 1.54) is 0 Å². The zero-order valence-corrected chi connectivity index (χ0v) is 32.0. The summed E-state index contributed by atoms with van der Waals surface area (Å²) in [5.41, 5.74) is 4.10. The Bertz CT molecular complexity index is 1620.